The summed E-state index contributed by atoms with van der Waals surface area (Å²) in [4.78, 5) is 26.3. The molecule has 0 radical (unpaired) electrons. The monoisotopic (exact) mass is 390 g/mol. The summed E-state index contributed by atoms with van der Waals surface area (Å²) in [6, 6.07) is 8.82. The van der Waals surface area contributed by atoms with Crippen LogP contribution in [0.5, 0.6) is 0 Å². The molecular weight excluding hydrogens is 372 g/mol. The first-order valence-corrected chi connectivity index (χ1v) is 9.36. The number of aliphatic imine (C=N–C) groups is 1. The van der Waals surface area contributed by atoms with Crippen LogP contribution in [0.4, 0.5) is 0 Å². The van der Waals surface area contributed by atoms with Crippen LogP contribution in [-0.4, -0.2) is 51.9 Å². The van der Waals surface area contributed by atoms with Crippen molar-refractivity contribution in [2.45, 2.75) is 13.0 Å². The molecule has 1 aliphatic heterocycles. The smallest absolute Gasteiger partial charge is 0.264 e. The molecule has 136 valence electrons. The second-order valence-electron chi connectivity index (χ2n) is 5.68. The van der Waals surface area contributed by atoms with Crippen LogP contribution < -0.4 is 0 Å². The van der Waals surface area contributed by atoms with Crippen LogP contribution in [0.2, 0.25) is 4.47 Å². The lowest BCUT2D eigenvalue weighted by molar-refractivity contribution is -0.122. The van der Waals surface area contributed by atoms with Gasteiger partial charge in [0, 0.05) is 26.3 Å². The van der Waals surface area contributed by atoms with Crippen molar-refractivity contribution < 1.29 is 9.90 Å². The molecule has 0 bridgehead atoms. The number of carbonyl (C=O) groups excluding carboxylic acids is 1. The summed E-state index contributed by atoms with van der Waals surface area (Å²) in [5.74, 6) is 0.257. The fraction of sp³-hybridized carbons (Fsp3) is 0.278. The highest BCUT2D eigenvalue weighted by molar-refractivity contribution is 7.15. The summed E-state index contributed by atoms with van der Waals surface area (Å²) < 4.78 is 0.429. The molecule has 0 spiro atoms. The molecule has 26 heavy (non-hydrogen) atoms. The van der Waals surface area contributed by atoms with Crippen molar-refractivity contribution in [3.05, 3.63) is 57.7 Å². The Morgan fingerprint density at radius 1 is 1.46 bits per heavy atom. The van der Waals surface area contributed by atoms with Crippen LogP contribution in [0, 0.1) is 0 Å². The molecular formula is C18H19ClN4O2S. The van der Waals surface area contributed by atoms with Crippen LogP contribution in [0.3, 0.4) is 0 Å². The summed E-state index contributed by atoms with van der Waals surface area (Å²) in [6.45, 7) is 3.32. The van der Waals surface area contributed by atoms with E-state index in [0.29, 0.717) is 29.1 Å². The predicted octanol–water partition coefficient (Wildman–Crippen LogP) is 3.59. The topological polar surface area (TPSA) is 69.0 Å². The molecule has 3 rings (SSSR count). The van der Waals surface area contributed by atoms with Crippen LogP contribution in [0.1, 0.15) is 23.4 Å². The Labute approximate surface area is 161 Å². The zero-order chi connectivity index (χ0) is 18.7. The number of aliphatic hydroxyl groups is 1. The van der Waals surface area contributed by atoms with E-state index in [0.717, 1.165) is 11.1 Å². The lowest BCUT2D eigenvalue weighted by Crippen LogP contribution is -2.39. The molecule has 2 heterocycles. The first kappa shape index (κ1) is 18.4. The largest absolute Gasteiger partial charge is 0.515 e. The lowest BCUT2D eigenvalue weighted by Gasteiger charge is -2.24. The molecule has 1 amide bonds. The fourth-order valence-corrected chi connectivity index (χ4v) is 4.09. The molecule has 1 saturated heterocycles. The molecule has 1 N–H and O–H groups in total. The van der Waals surface area contributed by atoms with Gasteiger partial charge in [0.25, 0.3) is 5.91 Å². The van der Waals surface area contributed by atoms with Crippen molar-refractivity contribution in [3.63, 3.8) is 0 Å². The van der Waals surface area contributed by atoms with Crippen molar-refractivity contribution in [2.24, 2.45) is 4.99 Å². The molecule has 6 nitrogen and oxygen atoms in total. The number of thiazole rings is 1. The van der Waals surface area contributed by atoms with Gasteiger partial charge in [-0.05, 0) is 12.5 Å². The third kappa shape index (κ3) is 3.32. The van der Waals surface area contributed by atoms with Crippen LogP contribution >= 0.6 is 22.9 Å². The molecule has 1 unspecified atom stereocenters. The number of halogens is 1. The highest BCUT2D eigenvalue weighted by atomic mass is 35.5. The Morgan fingerprint density at radius 3 is 2.73 bits per heavy atom. The van der Waals surface area contributed by atoms with Crippen molar-refractivity contribution >= 4 is 40.4 Å². The SMILES string of the molecule is CCN1CC(c2cnc(Cl)s2)N(C(=O)/C(=C/O)c2ccccc2)C1=NC. The number of likely N-dealkylation sites (N-methyl/N-ethyl adjacent to an activating group) is 1. The molecule has 1 aliphatic rings. The number of hydrogen-bond acceptors (Lipinski definition) is 5. The van der Waals surface area contributed by atoms with Gasteiger partial charge in [-0.3, -0.25) is 14.7 Å². The number of aromatic nitrogens is 1. The number of benzene rings is 1. The Balaban J connectivity index is 2.03. The normalized spacial score (nSPS) is 19.4. The van der Waals surface area contributed by atoms with E-state index >= 15 is 0 Å². The third-order valence-electron chi connectivity index (χ3n) is 4.27. The van der Waals surface area contributed by atoms with Gasteiger partial charge in [-0.1, -0.05) is 41.9 Å². The number of nitrogens with zero attached hydrogens (tertiary/aromatic N) is 4. The zero-order valence-corrected chi connectivity index (χ0v) is 16.0. The molecule has 1 aromatic carbocycles. The van der Waals surface area contributed by atoms with E-state index in [-0.39, 0.29) is 17.5 Å². The third-order valence-corrected chi connectivity index (χ3v) is 5.49. The summed E-state index contributed by atoms with van der Waals surface area (Å²) in [5, 5.41) is 9.76. The van der Waals surface area contributed by atoms with Gasteiger partial charge in [0.2, 0.25) is 5.96 Å². The Hall–Kier alpha value is -2.38. The van der Waals surface area contributed by atoms with E-state index in [2.05, 4.69) is 9.98 Å². The van der Waals surface area contributed by atoms with Gasteiger partial charge >= 0.3 is 0 Å². The molecule has 2 aromatic rings. The molecule has 1 aromatic heterocycles. The van der Waals surface area contributed by atoms with E-state index < -0.39 is 0 Å². The maximum absolute atomic E-state index is 13.3. The van der Waals surface area contributed by atoms with Gasteiger partial charge in [0.05, 0.1) is 22.8 Å². The number of amides is 1. The average molecular weight is 391 g/mol. The Kier molecular flexibility index (Phi) is 5.58. The number of carbonyl (C=O) groups is 1. The minimum Gasteiger partial charge on any atom is -0.515 e. The second-order valence-corrected chi connectivity index (χ2v) is 7.32. The van der Waals surface area contributed by atoms with Crippen LogP contribution in [-0.2, 0) is 4.79 Å². The van der Waals surface area contributed by atoms with E-state index in [1.807, 2.05) is 30.0 Å². The highest BCUT2D eigenvalue weighted by Crippen LogP contribution is 2.36. The molecule has 1 fully saturated rings. The molecule has 1 atom stereocenters. The first-order chi connectivity index (χ1) is 12.6. The van der Waals surface area contributed by atoms with Gasteiger partial charge in [-0.15, -0.1) is 11.3 Å². The van der Waals surface area contributed by atoms with Crippen LogP contribution in [0.15, 0.2) is 47.8 Å². The number of guanidine groups is 1. The maximum Gasteiger partial charge on any atom is 0.264 e. The molecule has 0 aliphatic carbocycles. The van der Waals surface area contributed by atoms with Crippen molar-refractivity contribution in [1.29, 1.82) is 0 Å². The van der Waals surface area contributed by atoms with Gasteiger partial charge in [-0.2, -0.15) is 0 Å². The van der Waals surface area contributed by atoms with Gasteiger partial charge in [0.15, 0.2) is 4.47 Å². The van der Waals surface area contributed by atoms with Crippen molar-refractivity contribution in [1.82, 2.24) is 14.8 Å². The standard InChI is InChI=1S/C18H19ClN4O2S/c1-3-22-10-14(15-9-21-17(19)26-15)23(18(22)20-2)16(25)13(11-24)12-7-5-4-6-8-12/h4-9,11,14,24H,3,10H2,1-2H3/b13-11+,20-18?. The Bertz CT molecular complexity index is 850. The first-order valence-electron chi connectivity index (χ1n) is 8.17. The average Bonchev–Trinajstić information content (AvgIpc) is 3.25. The molecule has 0 saturated carbocycles. The molecule has 8 heteroatoms. The van der Waals surface area contributed by atoms with Gasteiger partial charge < -0.3 is 10.0 Å². The van der Waals surface area contributed by atoms with E-state index in [1.165, 1.54) is 11.3 Å². The van der Waals surface area contributed by atoms with Crippen molar-refractivity contribution in [2.75, 3.05) is 20.1 Å². The summed E-state index contributed by atoms with van der Waals surface area (Å²) in [7, 11) is 1.66. The minimum absolute atomic E-state index is 0.213. The summed E-state index contributed by atoms with van der Waals surface area (Å²) in [6.07, 6.45) is 2.55. The van der Waals surface area contributed by atoms with Gasteiger partial charge in [-0.25, -0.2) is 4.98 Å². The Morgan fingerprint density at radius 2 is 2.19 bits per heavy atom. The number of rotatable bonds is 4. The van der Waals surface area contributed by atoms with E-state index in [4.69, 9.17) is 11.6 Å². The van der Waals surface area contributed by atoms with E-state index in [9.17, 15) is 9.90 Å². The second kappa shape index (κ2) is 7.88. The fourth-order valence-electron chi connectivity index (χ4n) is 3.05. The number of hydrogen-bond donors (Lipinski definition) is 1. The van der Waals surface area contributed by atoms with Crippen molar-refractivity contribution in [3.8, 4) is 0 Å². The van der Waals surface area contributed by atoms with E-state index in [1.54, 1.807) is 30.3 Å². The zero-order valence-electron chi connectivity index (χ0n) is 14.5. The van der Waals surface area contributed by atoms with Gasteiger partial charge in [0.1, 0.15) is 0 Å². The predicted molar refractivity (Wildman–Crippen MR) is 104 cm³/mol. The number of aliphatic hydroxyl groups excluding tert-OH is 1. The highest BCUT2D eigenvalue weighted by Gasteiger charge is 2.41. The maximum atomic E-state index is 13.3. The lowest BCUT2D eigenvalue weighted by atomic mass is 10.1. The minimum atomic E-state index is -0.315. The van der Waals surface area contributed by atoms with Crippen LogP contribution in [0.25, 0.3) is 5.57 Å². The quantitative estimate of drug-likeness (QED) is 0.639. The summed E-state index contributed by atoms with van der Waals surface area (Å²) >= 11 is 7.34. The summed E-state index contributed by atoms with van der Waals surface area (Å²) in [5.41, 5.74) is 0.858.